The van der Waals surface area contributed by atoms with Gasteiger partial charge in [0, 0.05) is 13.1 Å². The quantitative estimate of drug-likeness (QED) is 0.249. The predicted molar refractivity (Wildman–Crippen MR) is 84.0 cm³/mol. The molecule has 0 spiro atoms. The molecule has 0 aromatic carbocycles. The Hall–Kier alpha value is -1.39. The van der Waals surface area contributed by atoms with Crippen LogP contribution in [0.25, 0.3) is 5.53 Å². The predicted octanol–water partition coefficient (Wildman–Crippen LogP) is 3.06. The van der Waals surface area contributed by atoms with E-state index in [9.17, 15) is 4.79 Å². The molecule has 0 aromatic rings. The molecule has 0 N–H and O–H groups in total. The summed E-state index contributed by atoms with van der Waals surface area (Å²) in [4.78, 5) is 16.9. The third-order valence-electron chi connectivity index (χ3n) is 3.80. The maximum absolute atomic E-state index is 12.2. The SMILES string of the molecule is C=C(O[Si](C)(C)C(C)(C)C)C(=[N+]=[N-])C(=O)N(CC)CC. The second kappa shape index (κ2) is 6.86. The zero-order valence-corrected chi connectivity index (χ0v) is 14.8. The summed E-state index contributed by atoms with van der Waals surface area (Å²) >= 11 is 0. The summed E-state index contributed by atoms with van der Waals surface area (Å²) in [6.07, 6.45) is 0. The second-order valence-corrected chi connectivity index (χ2v) is 10.9. The van der Waals surface area contributed by atoms with Crippen molar-refractivity contribution >= 4 is 19.9 Å². The van der Waals surface area contributed by atoms with Gasteiger partial charge in [0.15, 0.2) is 5.76 Å². The minimum absolute atomic E-state index is 0.0191. The van der Waals surface area contributed by atoms with Gasteiger partial charge in [-0.3, -0.25) is 4.79 Å². The van der Waals surface area contributed by atoms with E-state index in [-0.39, 0.29) is 22.4 Å². The van der Waals surface area contributed by atoms with E-state index in [1.54, 1.807) is 4.90 Å². The van der Waals surface area contributed by atoms with Crippen LogP contribution >= 0.6 is 0 Å². The van der Waals surface area contributed by atoms with E-state index in [1.807, 2.05) is 13.8 Å². The summed E-state index contributed by atoms with van der Waals surface area (Å²) in [7, 11) is -2.11. The number of nitrogens with zero attached hydrogens (tertiary/aromatic N) is 3. The summed E-state index contributed by atoms with van der Waals surface area (Å²) in [6, 6.07) is 0. The Labute approximate surface area is 123 Å². The zero-order chi connectivity index (χ0) is 16.1. The monoisotopic (exact) mass is 297 g/mol. The van der Waals surface area contributed by atoms with E-state index in [0.717, 1.165) is 0 Å². The smallest absolute Gasteiger partial charge is 0.418 e. The highest BCUT2D eigenvalue weighted by Crippen LogP contribution is 2.37. The molecule has 0 saturated heterocycles. The number of carbonyl (C=O) groups is 1. The highest BCUT2D eigenvalue weighted by molar-refractivity contribution is 6.74. The van der Waals surface area contributed by atoms with Crippen molar-refractivity contribution in [3.63, 3.8) is 0 Å². The molecule has 0 aliphatic rings. The van der Waals surface area contributed by atoms with Crippen molar-refractivity contribution in [2.24, 2.45) is 0 Å². The first-order valence-electron chi connectivity index (χ1n) is 6.91. The van der Waals surface area contributed by atoms with E-state index in [4.69, 9.17) is 9.96 Å². The molecule has 0 bridgehead atoms. The van der Waals surface area contributed by atoms with E-state index >= 15 is 0 Å². The fourth-order valence-corrected chi connectivity index (χ4v) is 2.41. The van der Waals surface area contributed by atoms with E-state index in [2.05, 4.69) is 45.2 Å². The van der Waals surface area contributed by atoms with Crippen LogP contribution in [0.15, 0.2) is 12.3 Å². The van der Waals surface area contributed by atoms with Gasteiger partial charge >= 0.3 is 11.6 Å². The van der Waals surface area contributed by atoms with Gasteiger partial charge in [0.25, 0.3) is 8.32 Å². The molecule has 0 heterocycles. The van der Waals surface area contributed by atoms with Crippen LogP contribution in [0.5, 0.6) is 0 Å². The molecule has 0 fully saturated rings. The van der Waals surface area contributed by atoms with Gasteiger partial charge in [-0.15, -0.1) is 0 Å². The van der Waals surface area contributed by atoms with Crippen molar-refractivity contribution < 1.29 is 14.0 Å². The standard InChI is InChI=1S/C14H27N3O2Si/c1-9-17(10-2)13(18)12(16-15)11(3)19-20(7,8)14(4,5)6/h3,9-10H2,1-2,4-8H3. The molecule has 1 amide bonds. The lowest BCUT2D eigenvalue weighted by molar-refractivity contribution is -0.128. The van der Waals surface area contributed by atoms with Crippen molar-refractivity contribution in [3.8, 4) is 0 Å². The topological polar surface area (TPSA) is 65.9 Å². The Balaban J connectivity index is 5.19. The summed E-state index contributed by atoms with van der Waals surface area (Å²) < 4.78 is 5.92. The van der Waals surface area contributed by atoms with Crippen LogP contribution in [0.1, 0.15) is 34.6 Å². The Morgan fingerprint density at radius 2 is 1.75 bits per heavy atom. The van der Waals surface area contributed by atoms with Crippen molar-refractivity contribution in [2.75, 3.05) is 13.1 Å². The minimum atomic E-state index is -2.11. The van der Waals surface area contributed by atoms with E-state index in [0.29, 0.717) is 13.1 Å². The molecule has 0 aromatic heterocycles. The normalized spacial score (nSPS) is 11.6. The van der Waals surface area contributed by atoms with Gasteiger partial charge in [0.05, 0.1) is 0 Å². The van der Waals surface area contributed by atoms with Crippen LogP contribution in [0.3, 0.4) is 0 Å². The Morgan fingerprint density at radius 1 is 1.30 bits per heavy atom. The molecule has 0 unspecified atom stereocenters. The van der Waals surface area contributed by atoms with Crippen LogP contribution in [-0.2, 0) is 9.22 Å². The highest BCUT2D eigenvalue weighted by Gasteiger charge is 2.42. The maximum Gasteiger partial charge on any atom is 0.418 e. The van der Waals surface area contributed by atoms with Gasteiger partial charge in [0.2, 0.25) is 0 Å². The van der Waals surface area contributed by atoms with Crippen LogP contribution in [0, 0.1) is 0 Å². The van der Waals surface area contributed by atoms with Crippen molar-refractivity contribution in [2.45, 2.75) is 52.8 Å². The van der Waals surface area contributed by atoms with Crippen molar-refractivity contribution in [3.05, 3.63) is 17.9 Å². The molecule has 0 radical (unpaired) electrons. The Kier molecular flexibility index (Phi) is 6.38. The van der Waals surface area contributed by atoms with E-state index in [1.165, 1.54) is 0 Å². The Morgan fingerprint density at radius 3 is 2.05 bits per heavy atom. The summed E-state index contributed by atoms with van der Waals surface area (Å²) in [5, 5.41) is -0.0191. The van der Waals surface area contributed by atoms with Gasteiger partial charge in [-0.2, -0.15) is 4.79 Å². The van der Waals surface area contributed by atoms with Crippen LogP contribution in [-0.4, -0.2) is 42.7 Å². The summed E-state index contributed by atoms with van der Waals surface area (Å²) in [6.45, 7) is 19.0. The number of amides is 1. The van der Waals surface area contributed by atoms with Gasteiger partial charge < -0.3 is 14.9 Å². The fourth-order valence-electron chi connectivity index (χ4n) is 1.39. The first-order chi connectivity index (χ1) is 9.01. The lowest BCUT2D eigenvalue weighted by Crippen LogP contribution is -2.44. The molecule has 114 valence electrons. The largest absolute Gasteiger partial charge is 0.538 e. The van der Waals surface area contributed by atoms with Gasteiger partial charge in [0.1, 0.15) is 0 Å². The lowest BCUT2D eigenvalue weighted by Gasteiger charge is -2.36. The molecule has 5 nitrogen and oxygen atoms in total. The van der Waals surface area contributed by atoms with Crippen LogP contribution in [0.4, 0.5) is 0 Å². The molecule has 6 heteroatoms. The lowest BCUT2D eigenvalue weighted by atomic mass is 10.2. The van der Waals surface area contributed by atoms with Gasteiger partial charge in [-0.05, 0) is 38.6 Å². The molecule has 0 aliphatic heterocycles. The van der Waals surface area contributed by atoms with E-state index < -0.39 is 8.32 Å². The molecule has 0 saturated carbocycles. The molecule has 0 rings (SSSR count). The average Bonchev–Trinajstić information content (AvgIpc) is 2.29. The highest BCUT2D eigenvalue weighted by atomic mass is 28.4. The number of hydrogen-bond donors (Lipinski definition) is 0. The third kappa shape index (κ3) is 4.32. The zero-order valence-electron chi connectivity index (χ0n) is 13.8. The first kappa shape index (κ1) is 18.6. The van der Waals surface area contributed by atoms with Gasteiger partial charge in [-0.25, -0.2) is 0 Å². The van der Waals surface area contributed by atoms with Crippen LogP contribution in [0.2, 0.25) is 18.1 Å². The molecular formula is C14H27N3O2Si. The van der Waals surface area contributed by atoms with Crippen molar-refractivity contribution in [1.29, 1.82) is 0 Å². The molecular weight excluding hydrogens is 270 g/mol. The summed E-state index contributed by atoms with van der Waals surface area (Å²) in [5.74, 6) is -0.211. The maximum atomic E-state index is 12.2. The average molecular weight is 297 g/mol. The minimum Gasteiger partial charge on any atom is -0.538 e. The number of rotatable bonds is 6. The first-order valence-corrected chi connectivity index (χ1v) is 9.82. The molecule has 20 heavy (non-hydrogen) atoms. The Bertz CT molecular complexity index is 428. The van der Waals surface area contributed by atoms with Crippen molar-refractivity contribution in [1.82, 2.24) is 4.90 Å². The van der Waals surface area contributed by atoms with Gasteiger partial charge in [-0.1, -0.05) is 20.8 Å². The number of carbonyl (C=O) groups excluding carboxylic acids is 1. The summed E-state index contributed by atoms with van der Waals surface area (Å²) in [5.41, 5.74) is 9.01. The third-order valence-corrected chi connectivity index (χ3v) is 8.17. The molecule has 0 atom stereocenters. The fraction of sp³-hybridized carbons (Fsp3) is 0.714. The second-order valence-electron chi connectivity index (χ2n) is 6.21. The number of hydrogen-bond acceptors (Lipinski definition) is 2. The van der Waals surface area contributed by atoms with Crippen LogP contribution < -0.4 is 0 Å². The molecule has 0 aliphatic carbocycles.